The van der Waals surface area contributed by atoms with E-state index in [9.17, 15) is 13.2 Å². The number of benzene rings is 2. The number of hydrogen-bond acceptors (Lipinski definition) is 4. The lowest BCUT2D eigenvalue weighted by Crippen LogP contribution is -2.36. The molecular formula is C22H22N2O4S. The predicted octanol–water partition coefficient (Wildman–Crippen LogP) is 3.52. The first kappa shape index (κ1) is 19.4. The first-order valence-corrected chi connectivity index (χ1v) is 10.9. The number of rotatable bonds is 5. The topological polar surface area (TPSA) is 79.6 Å². The third-order valence-corrected chi connectivity index (χ3v) is 6.99. The summed E-state index contributed by atoms with van der Waals surface area (Å²) in [5, 5.41) is 2.83. The Bertz CT molecular complexity index is 1120. The minimum absolute atomic E-state index is 0.121. The third kappa shape index (κ3) is 3.97. The molecule has 2 aromatic carbocycles. The van der Waals surface area contributed by atoms with E-state index in [1.165, 1.54) is 22.0 Å². The zero-order valence-electron chi connectivity index (χ0n) is 16.0. The molecule has 4 rings (SSSR count). The van der Waals surface area contributed by atoms with Crippen molar-refractivity contribution < 1.29 is 17.6 Å². The first-order valence-electron chi connectivity index (χ1n) is 9.46. The zero-order valence-corrected chi connectivity index (χ0v) is 16.9. The van der Waals surface area contributed by atoms with Crippen LogP contribution in [0.15, 0.2) is 76.2 Å². The molecule has 0 saturated heterocycles. The van der Waals surface area contributed by atoms with E-state index in [-0.39, 0.29) is 16.8 Å². The van der Waals surface area contributed by atoms with E-state index in [1.54, 1.807) is 30.5 Å². The molecule has 0 unspecified atom stereocenters. The number of carbonyl (C=O) groups excluding carboxylic acids is 1. The van der Waals surface area contributed by atoms with E-state index < -0.39 is 10.0 Å². The minimum atomic E-state index is -3.70. The van der Waals surface area contributed by atoms with Gasteiger partial charge in [-0.3, -0.25) is 4.79 Å². The summed E-state index contributed by atoms with van der Waals surface area (Å²) in [5.41, 5.74) is 2.49. The van der Waals surface area contributed by atoms with Crippen LogP contribution in [0.2, 0.25) is 0 Å². The summed E-state index contributed by atoms with van der Waals surface area (Å²) in [6.07, 6.45) is 2.22. The summed E-state index contributed by atoms with van der Waals surface area (Å²) in [6, 6.07) is 17.2. The fourth-order valence-electron chi connectivity index (χ4n) is 3.51. The molecule has 1 atom stereocenters. The van der Waals surface area contributed by atoms with E-state index >= 15 is 0 Å². The normalized spacial score (nSPS) is 15.5. The van der Waals surface area contributed by atoms with Gasteiger partial charge in [-0.05, 0) is 54.8 Å². The Morgan fingerprint density at radius 2 is 1.86 bits per heavy atom. The molecule has 150 valence electrons. The Hall–Kier alpha value is -2.90. The molecule has 0 fully saturated rings. The molecule has 1 amide bonds. The first-order chi connectivity index (χ1) is 13.9. The van der Waals surface area contributed by atoms with Crippen molar-refractivity contribution in [3.05, 3.63) is 89.4 Å². The van der Waals surface area contributed by atoms with Crippen molar-refractivity contribution in [3.8, 4) is 0 Å². The smallest absolute Gasteiger partial charge is 0.251 e. The van der Waals surface area contributed by atoms with E-state index in [0.717, 1.165) is 5.56 Å². The fraction of sp³-hybridized carbons (Fsp3) is 0.227. The maximum Gasteiger partial charge on any atom is 0.251 e. The van der Waals surface area contributed by atoms with Crippen molar-refractivity contribution in [1.82, 2.24) is 9.62 Å². The van der Waals surface area contributed by atoms with Crippen LogP contribution in [0.1, 0.15) is 40.2 Å². The highest BCUT2D eigenvalue weighted by atomic mass is 32.2. The van der Waals surface area contributed by atoms with Crippen LogP contribution < -0.4 is 5.32 Å². The number of fused-ring (bicyclic) bond motifs is 1. The number of carbonyl (C=O) groups is 1. The van der Waals surface area contributed by atoms with Gasteiger partial charge in [-0.15, -0.1) is 0 Å². The highest BCUT2D eigenvalue weighted by Crippen LogP contribution is 2.25. The Labute approximate surface area is 170 Å². The van der Waals surface area contributed by atoms with Gasteiger partial charge in [-0.25, -0.2) is 8.42 Å². The standard InChI is InChI=1S/C22H22N2O4S/c1-16(21-10-5-13-28-21)23-22(25)18-8-4-9-20(14-18)29(26,27)24-12-11-17-6-2-3-7-19(17)15-24/h2-10,13-14,16H,11-12,15H2,1H3,(H,23,25)/t16-/m1/s1. The molecule has 0 aliphatic carbocycles. The van der Waals surface area contributed by atoms with Crippen molar-refractivity contribution >= 4 is 15.9 Å². The maximum absolute atomic E-state index is 13.2. The Morgan fingerprint density at radius 1 is 1.07 bits per heavy atom. The van der Waals surface area contributed by atoms with Crippen molar-refractivity contribution in [2.45, 2.75) is 30.8 Å². The maximum atomic E-state index is 13.2. The zero-order chi connectivity index (χ0) is 20.4. The van der Waals surface area contributed by atoms with Crippen LogP contribution in [0, 0.1) is 0 Å². The Kier molecular flexibility index (Phi) is 5.25. The second kappa shape index (κ2) is 7.85. The average Bonchev–Trinajstić information content (AvgIpc) is 3.28. The van der Waals surface area contributed by atoms with Gasteiger partial charge in [0.1, 0.15) is 5.76 Å². The summed E-state index contributed by atoms with van der Waals surface area (Å²) in [4.78, 5) is 12.7. The molecule has 0 bridgehead atoms. The van der Waals surface area contributed by atoms with Crippen LogP contribution in [-0.4, -0.2) is 25.2 Å². The molecule has 1 aliphatic rings. The molecule has 0 radical (unpaired) electrons. The molecule has 1 aliphatic heterocycles. The van der Waals surface area contributed by atoms with Gasteiger partial charge in [0.2, 0.25) is 10.0 Å². The summed E-state index contributed by atoms with van der Waals surface area (Å²) in [7, 11) is -3.70. The molecule has 0 spiro atoms. The van der Waals surface area contributed by atoms with Gasteiger partial charge < -0.3 is 9.73 Å². The number of hydrogen-bond donors (Lipinski definition) is 1. The number of furan rings is 1. The minimum Gasteiger partial charge on any atom is -0.467 e. The van der Waals surface area contributed by atoms with Gasteiger partial charge >= 0.3 is 0 Å². The number of sulfonamides is 1. The summed E-state index contributed by atoms with van der Waals surface area (Å²) in [6.45, 7) is 2.57. The largest absolute Gasteiger partial charge is 0.467 e. The molecular weight excluding hydrogens is 388 g/mol. The lowest BCUT2D eigenvalue weighted by molar-refractivity contribution is 0.0935. The van der Waals surface area contributed by atoms with Crippen molar-refractivity contribution in [3.63, 3.8) is 0 Å². The van der Waals surface area contributed by atoms with Crippen LogP contribution in [0.3, 0.4) is 0 Å². The van der Waals surface area contributed by atoms with Gasteiger partial charge in [0.05, 0.1) is 17.2 Å². The van der Waals surface area contributed by atoms with Gasteiger partial charge in [0.15, 0.2) is 0 Å². The third-order valence-electron chi connectivity index (χ3n) is 5.15. The van der Waals surface area contributed by atoms with E-state index in [2.05, 4.69) is 5.32 Å². The van der Waals surface area contributed by atoms with Crippen LogP contribution >= 0.6 is 0 Å². The molecule has 29 heavy (non-hydrogen) atoms. The second-order valence-corrected chi connectivity index (χ2v) is 9.03. The van der Waals surface area contributed by atoms with Crippen LogP contribution in [0.5, 0.6) is 0 Å². The SMILES string of the molecule is C[C@@H](NC(=O)c1cccc(S(=O)(=O)N2CCc3ccccc3C2)c1)c1ccco1. The number of amides is 1. The highest BCUT2D eigenvalue weighted by molar-refractivity contribution is 7.89. The molecule has 3 aromatic rings. The van der Waals surface area contributed by atoms with Crippen LogP contribution in [0.25, 0.3) is 0 Å². The number of nitrogens with zero attached hydrogens (tertiary/aromatic N) is 1. The Balaban J connectivity index is 1.54. The van der Waals surface area contributed by atoms with E-state index in [0.29, 0.717) is 30.8 Å². The molecule has 6 nitrogen and oxygen atoms in total. The fourth-order valence-corrected chi connectivity index (χ4v) is 4.98. The highest BCUT2D eigenvalue weighted by Gasteiger charge is 2.28. The monoisotopic (exact) mass is 410 g/mol. The van der Waals surface area contributed by atoms with Gasteiger partial charge in [-0.2, -0.15) is 4.31 Å². The van der Waals surface area contributed by atoms with Crippen molar-refractivity contribution in [1.29, 1.82) is 0 Å². The van der Waals surface area contributed by atoms with Crippen LogP contribution in [-0.2, 0) is 23.0 Å². The van der Waals surface area contributed by atoms with E-state index in [4.69, 9.17) is 4.42 Å². The van der Waals surface area contributed by atoms with Crippen molar-refractivity contribution in [2.24, 2.45) is 0 Å². The molecule has 1 N–H and O–H groups in total. The van der Waals surface area contributed by atoms with Gasteiger partial charge in [0.25, 0.3) is 5.91 Å². The number of nitrogens with one attached hydrogen (secondary N) is 1. The summed E-state index contributed by atoms with van der Waals surface area (Å²) >= 11 is 0. The molecule has 7 heteroatoms. The second-order valence-electron chi connectivity index (χ2n) is 7.10. The lowest BCUT2D eigenvalue weighted by Gasteiger charge is -2.28. The van der Waals surface area contributed by atoms with Gasteiger partial charge in [0, 0.05) is 18.7 Å². The molecule has 1 aromatic heterocycles. The average molecular weight is 410 g/mol. The van der Waals surface area contributed by atoms with Gasteiger partial charge in [-0.1, -0.05) is 30.3 Å². The predicted molar refractivity (Wildman–Crippen MR) is 109 cm³/mol. The lowest BCUT2D eigenvalue weighted by atomic mass is 10.0. The van der Waals surface area contributed by atoms with Crippen molar-refractivity contribution in [2.75, 3.05) is 6.54 Å². The van der Waals surface area contributed by atoms with E-state index in [1.807, 2.05) is 31.2 Å². The quantitative estimate of drug-likeness (QED) is 0.698. The summed E-state index contributed by atoms with van der Waals surface area (Å²) < 4.78 is 33.1. The Morgan fingerprint density at radius 3 is 2.62 bits per heavy atom. The molecule has 2 heterocycles. The summed E-state index contributed by atoms with van der Waals surface area (Å²) in [5.74, 6) is 0.282. The molecule has 0 saturated carbocycles. The van der Waals surface area contributed by atoms with Crippen LogP contribution in [0.4, 0.5) is 0 Å².